The minimum absolute atomic E-state index is 0.791. The quantitative estimate of drug-likeness (QED) is 0.451. The molecule has 1 N–H and O–H groups in total. The van der Waals surface area contributed by atoms with Crippen molar-refractivity contribution >= 4 is 27.6 Å². The number of benzene rings is 2. The molecule has 0 saturated carbocycles. The van der Waals surface area contributed by atoms with E-state index in [9.17, 15) is 0 Å². The Labute approximate surface area is 180 Å². The highest BCUT2D eigenvalue weighted by Crippen LogP contribution is 2.35. The molecule has 31 heavy (non-hydrogen) atoms. The Balaban J connectivity index is 1.36. The molecule has 2 aromatic carbocycles. The zero-order valence-corrected chi connectivity index (χ0v) is 17.1. The maximum atomic E-state index is 5.94. The first-order chi connectivity index (χ1) is 15.4. The molecule has 1 saturated heterocycles. The molecule has 1 fully saturated rings. The first-order valence-corrected chi connectivity index (χ1v) is 10.6. The predicted molar refractivity (Wildman–Crippen MR) is 125 cm³/mol. The highest BCUT2D eigenvalue weighted by Gasteiger charge is 2.14. The predicted octanol–water partition coefficient (Wildman–Crippen LogP) is 5.12. The van der Waals surface area contributed by atoms with Gasteiger partial charge in [0.05, 0.1) is 0 Å². The Morgan fingerprint density at radius 2 is 1.74 bits per heavy atom. The van der Waals surface area contributed by atoms with Crippen LogP contribution in [0.5, 0.6) is 0 Å². The van der Waals surface area contributed by atoms with Crippen LogP contribution in [0.3, 0.4) is 0 Å². The summed E-state index contributed by atoms with van der Waals surface area (Å²) < 4.78 is 5.94. The summed E-state index contributed by atoms with van der Waals surface area (Å²) in [7, 11) is 0. The van der Waals surface area contributed by atoms with Gasteiger partial charge in [0.2, 0.25) is 0 Å². The van der Waals surface area contributed by atoms with E-state index in [4.69, 9.17) is 9.40 Å². The summed E-state index contributed by atoms with van der Waals surface area (Å²) in [6.45, 7) is 4.17. The molecule has 5 aromatic rings. The molecule has 5 heteroatoms. The molecule has 5 nitrogen and oxygen atoms in total. The number of piperazine rings is 1. The van der Waals surface area contributed by atoms with Crippen LogP contribution < -0.4 is 10.2 Å². The third-order valence-electron chi connectivity index (χ3n) is 6.07. The second-order valence-electron chi connectivity index (χ2n) is 7.91. The summed E-state index contributed by atoms with van der Waals surface area (Å²) in [4.78, 5) is 11.5. The molecule has 0 atom stereocenters. The summed E-state index contributed by atoms with van der Waals surface area (Å²) in [6, 6.07) is 19.1. The number of rotatable bonds is 3. The van der Waals surface area contributed by atoms with Crippen molar-refractivity contribution in [1.82, 2.24) is 15.3 Å². The van der Waals surface area contributed by atoms with E-state index in [1.54, 1.807) is 6.26 Å². The van der Waals surface area contributed by atoms with Crippen molar-refractivity contribution in [2.45, 2.75) is 0 Å². The van der Waals surface area contributed by atoms with Crippen LogP contribution in [-0.4, -0.2) is 36.1 Å². The lowest BCUT2D eigenvalue weighted by atomic mass is 10.0. The van der Waals surface area contributed by atoms with Crippen molar-refractivity contribution < 1.29 is 4.42 Å². The van der Waals surface area contributed by atoms with Gasteiger partial charge in [-0.3, -0.25) is 9.97 Å². The molecule has 1 aliphatic heterocycles. The highest BCUT2D eigenvalue weighted by molar-refractivity contribution is 6.03. The molecule has 6 rings (SSSR count). The molecular weight excluding hydrogens is 384 g/mol. The van der Waals surface area contributed by atoms with Crippen LogP contribution in [0.2, 0.25) is 0 Å². The number of hydrogen-bond acceptors (Lipinski definition) is 5. The highest BCUT2D eigenvalue weighted by atomic mass is 16.3. The largest absolute Gasteiger partial charge is 0.462 e. The van der Waals surface area contributed by atoms with Gasteiger partial charge >= 0.3 is 0 Å². The Hall–Kier alpha value is -3.70. The van der Waals surface area contributed by atoms with Crippen LogP contribution in [-0.2, 0) is 0 Å². The molecule has 0 bridgehead atoms. The molecule has 0 spiro atoms. The van der Waals surface area contributed by atoms with Crippen molar-refractivity contribution in [3.05, 3.63) is 79.5 Å². The molecular formula is C26H22N4O. The van der Waals surface area contributed by atoms with Crippen molar-refractivity contribution in [3.8, 4) is 22.3 Å². The van der Waals surface area contributed by atoms with Crippen LogP contribution in [0.4, 0.5) is 5.69 Å². The third kappa shape index (κ3) is 3.23. The Morgan fingerprint density at radius 1 is 0.871 bits per heavy atom. The van der Waals surface area contributed by atoms with Crippen LogP contribution in [0, 0.1) is 0 Å². The first-order valence-electron chi connectivity index (χ1n) is 10.6. The average Bonchev–Trinajstić information content (AvgIpc) is 3.27. The summed E-state index contributed by atoms with van der Waals surface area (Å²) in [5.74, 6) is 0. The van der Waals surface area contributed by atoms with Crippen LogP contribution in [0.1, 0.15) is 0 Å². The fourth-order valence-corrected chi connectivity index (χ4v) is 4.40. The van der Waals surface area contributed by atoms with Gasteiger partial charge in [0.1, 0.15) is 11.8 Å². The Morgan fingerprint density at radius 3 is 2.61 bits per heavy atom. The van der Waals surface area contributed by atoms with Crippen molar-refractivity contribution in [2.24, 2.45) is 0 Å². The summed E-state index contributed by atoms with van der Waals surface area (Å²) in [6.07, 6.45) is 7.46. The number of nitrogens with one attached hydrogen (secondary N) is 1. The third-order valence-corrected chi connectivity index (χ3v) is 6.07. The fourth-order valence-electron chi connectivity index (χ4n) is 4.40. The van der Waals surface area contributed by atoms with Crippen LogP contribution in [0.25, 0.3) is 44.1 Å². The van der Waals surface area contributed by atoms with Crippen molar-refractivity contribution in [3.63, 3.8) is 0 Å². The molecule has 0 unspecified atom stereocenters. The second kappa shape index (κ2) is 7.52. The maximum absolute atomic E-state index is 5.94. The first kappa shape index (κ1) is 18.1. The van der Waals surface area contributed by atoms with Crippen LogP contribution >= 0.6 is 0 Å². The normalized spacial score (nSPS) is 14.4. The smallest absolute Gasteiger partial charge is 0.153 e. The van der Waals surface area contributed by atoms with Gasteiger partial charge in [-0.15, -0.1) is 0 Å². The Bertz CT molecular complexity index is 1360. The molecule has 0 aliphatic carbocycles. The molecule has 4 heterocycles. The standard InChI is InChI=1S/C26H22N4O/c1-2-19-8-9-28-16-23(19)22(3-1)24-17-31-25-14-20(15-29-26(24)25)18-4-6-21(7-5-18)30-12-10-27-11-13-30/h1-9,14-17,27H,10-13H2. The van der Waals surface area contributed by atoms with Gasteiger partial charge in [0.25, 0.3) is 0 Å². The van der Waals surface area contributed by atoms with Gasteiger partial charge in [-0.05, 0) is 40.8 Å². The lowest BCUT2D eigenvalue weighted by Gasteiger charge is -2.29. The number of hydrogen-bond donors (Lipinski definition) is 1. The number of furan rings is 1. The molecule has 1 aliphatic rings. The van der Waals surface area contributed by atoms with Gasteiger partial charge in [0.15, 0.2) is 5.58 Å². The number of fused-ring (bicyclic) bond motifs is 2. The van der Waals surface area contributed by atoms with Crippen molar-refractivity contribution in [1.29, 1.82) is 0 Å². The lowest BCUT2D eigenvalue weighted by Crippen LogP contribution is -2.43. The zero-order chi connectivity index (χ0) is 20.6. The zero-order valence-electron chi connectivity index (χ0n) is 17.1. The van der Waals surface area contributed by atoms with Crippen molar-refractivity contribution in [2.75, 3.05) is 31.1 Å². The number of nitrogens with zero attached hydrogens (tertiary/aromatic N) is 3. The van der Waals surface area contributed by atoms with E-state index >= 15 is 0 Å². The SMILES string of the molecule is c1cc(-c2coc3cc(-c4ccc(N5CCNCC5)cc4)cnc23)c2cnccc2c1. The Kier molecular flexibility index (Phi) is 4.39. The second-order valence-corrected chi connectivity index (χ2v) is 7.91. The van der Waals surface area contributed by atoms with Gasteiger partial charge < -0.3 is 14.6 Å². The number of pyridine rings is 2. The van der Waals surface area contributed by atoms with E-state index in [1.165, 1.54) is 5.69 Å². The topological polar surface area (TPSA) is 54.2 Å². The van der Waals surface area contributed by atoms with Crippen LogP contribution in [0.15, 0.2) is 83.9 Å². The van der Waals surface area contributed by atoms with E-state index in [0.717, 1.165) is 70.3 Å². The van der Waals surface area contributed by atoms with Gasteiger partial charge in [-0.25, -0.2) is 0 Å². The molecule has 3 aromatic heterocycles. The molecule has 0 amide bonds. The van der Waals surface area contributed by atoms with E-state index in [0.29, 0.717) is 0 Å². The number of anilines is 1. The minimum atomic E-state index is 0.791. The average molecular weight is 406 g/mol. The summed E-state index contributed by atoms with van der Waals surface area (Å²) in [5, 5.41) is 5.65. The minimum Gasteiger partial charge on any atom is -0.462 e. The van der Waals surface area contributed by atoms with Gasteiger partial charge in [-0.1, -0.05) is 30.3 Å². The fraction of sp³-hybridized carbons (Fsp3) is 0.154. The summed E-state index contributed by atoms with van der Waals surface area (Å²) in [5.41, 5.74) is 7.21. The van der Waals surface area contributed by atoms with E-state index in [2.05, 4.69) is 63.7 Å². The van der Waals surface area contributed by atoms with Gasteiger partial charge in [0, 0.05) is 67.0 Å². The van der Waals surface area contributed by atoms with Gasteiger partial charge in [-0.2, -0.15) is 0 Å². The molecule has 0 radical (unpaired) electrons. The maximum Gasteiger partial charge on any atom is 0.153 e. The van der Waals surface area contributed by atoms with E-state index < -0.39 is 0 Å². The monoisotopic (exact) mass is 406 g/mol. The van der Waals surface area contributed by atoms with E-state index in [1.807, 2.05) is 24.7 Å². The molecule has 152 valence electrons. The lowest BCUT2D eigenvalue weighted by molar-refractivity contribution is 0.589. The summed E-state index contributed by atoms with van der Waals surface area (Å²) >= 11 is 0. The number of aromatic nitrogens is 2. The van der Waals surface area contributed by atoms with E-state index in [-0.39, 0.29) is 0 Å².